The van der Waals surface area contributed by atoms with Gasteiger partial charge >= 0.3 is 0 Å². The van der Waals surface area contributed by atoms with Crippen molar-refractivity contribution in [2.75, 3.05) is 0 Å². The summed E-state index contributed by atoms with van der Waals surface area (Å²) in [6, 6.07) is 53.8. The zero-order chi connectivity index (χ0) is 38.6. The van der Waals surface area contributed by atoms with Crippen LogP contribution in [0.4, 0.5) is 0 Å². The van der Waals surface area contributed by atoms with Crippen molar-refractivity contribution in [3.05, 3.63) is 246 Å². The lowest BCUT2D eigenvalue weighted by Crippen LogP contribution is -2.23. The summed E-state index contributed by atoms with van der Waals surface area (Å²) in [7, 11) is 0. The summed E-state index contributed by atoms with van der Waals surface area (Å²) < 4.78 is 2.20. The van der Waals surface area contributed by atoms with Gasteiger partial charge < -0.3 is 0 Å². The number of aromatic nitrogens is 3. The van der Waals surface area contributed by atoms with Crippen molar-refractivity contribution in [3.8, 4) is 17.2 Å². The van der Waals surface area contributed by atoms with Crippen LogP contribution in [0.3, 0.4) is 0 Å². The molecule has 3 nitrogen and oxygen atoms in total. The summed E-state index contributed by atoms with van der Waals surface area (Å²) in [5.74, 6) is 1.42. The van der Waals surface area contributed by atoms with E-state index in [-0.39, 0.29) is 17.8 Å². The van der Waals surface area contributed by atoms with Gasteiger partial charge in [0.15, 0.2) is 0 Å². The fourth-order valence-corrected chi connectivity index (χ4v) is 9.49. The van der Waals surface area contributed by atoms with Gasteiger partial charge in [-0.25, -0.2) is 9.97 Å². The summed E-state index contributed by atoms with van der Waals surface area (Å²) in [5, 5.41) is 3.37. The monoisotopic (exact) mass is 741 g/mol. The van der Waals surface area contributed by atoms with Gasteiger partial charge in [0.25, 0.3) is 0 Å². The van der Waals surface area contributed by atoms with Crippen LogP contribution < -0.4 is 0 Å². The first-order valence-electron chi connectivity index (χ1n) is 20.1. The fourth-order valence-electron chi connectivity index (χ4n) is 9.49. The maximum atomic E-state index is 5.23. The quantitative estimate of drug-likeness (QED) is 0.152. The van der Waals surface area contributed by atoms with Crippen LogP contribution in [-0.4, -0.2) is 14.5 Å². The van der Waals surface area contributed by atoms with Gasteiger partial charge in [0.2, 0.25) is 5.95 Å². The summed E-state index contributed by atoms with van der Waals surface area (Å²) in [4.78, 5) is 10.3. The largest absolute Gasteiger partial charge is 0.278 e. The molecule has 274 valence electrons. The van der Waals surface area contributed by atoms with Gasteiger partial charge in [-0.15, -0.1) is 0 Å². The Balaban J connectivity index is 0.928. The second kappa shape index (κ2) is 14.0. The lowest BCUT2D eigenvalue weighted by Gasteiger charge is -2.35. The highest BCUT2D eigenvalue weighted by atomic mass is 15.2. The van der Waals surface area contributed by atoms with Crippen LogP contribution in [0.25, 0.3) is 61.6 Å². The predicted molar refractivity (Wildman–Crippen MR) is 242 cm³/mol. The Labute approximate surface area is 338 Å². The van der Waals surface area contributed by atoms with Gasteiger partial charge in [0.05, 0.1) is 22.2 Å². The van der Waals surface area contributed by atoms with Gasteiger partial charge in [-0.2, -0.15) is 0 Å². The maximum absolute atomic E-state index is 5.23. The first kappa shape index (κ1) is 33.9. The molecule has 0 N–H and O–H groups in total. The molecule has 0 saturated carbocycles. The highest BCUT2D eigenvalue weighted by Gasteiger charge is 2.41. The standard InChI is InChI=1S/C55H39N3/c1-36(46-35-48-41-25-11-12-27-43(41)52(38-20-4-2-5-21-38)53(48)44-28-13-10-24-40(44)46)18-8-9-19-37-32-33-51-47(34-37)42-26-15-17-31-50(42)58(51)55-56-49-30-16-14-29-45(49)54(57-55)39-22-6-3-7-23-39/h2-35,40,44,52H,1H2/b18-8-,19-9+. The minimum absolute atomic E-state index is 0.237. The van der Waals surface area contributed by atoms with Crippen molar-refractivity contribution in [3.63, 3.8) is 0 Å². The van der Waals surface area contributed by atoms with E-state index in [1.165, 1.54) is 38.8 Å². The molecule has 3 aliphatic carbocycles. The Morgan fingerprint density at radius 1 is 0.621 bits per heavy atom. The number of fused-ring (bicyclic) bond motifs is 8. The van der Waals surface area contributed by atoms with Crippen LogP contribution in [0.5, 0.6) is 0 Å². The first-order chi connectivity index (χ1) is 28.7. The Bertz CT molecular complexity index is 3130. The highest BCUT2D eigenvalue weighted by Crippen LogP contribution is 2.56. The maximum Gasteiger partial charge on any atom is 0.235 e. The number of allylic oxidation sites excluding steroid dienone is 12. The van der Waals surface area contributed by atoms with E-state index in [1.807, 2.05) is 12.1 Å². The van der Waals surface area contributed by atoms with E-state index in [0.29, 0.717) is 5.95 Å². The first-order valence-corrected chi connectivity index (χ1v) is 20.1. The number of para-hydroxylation sites is 2. The van der Waals surface area contributed by atoms with E-state index in [9.17, 15) is 0 Å². The minimum Gasteiger partial charge on any atom is -0.278 e. The van der Waals surface area contributed by atoms with E-state index in [0.717, 1.165) is 49.7 Å². The van der Waals surface area contributed by atoms with Crippen molar-refractivity contribution in [1.29, 1.82) is 0 Å². The lowest BCUT2D eigenvalue weighted by atomic mass is 9.68. The van der Waals surface area contributed by atoms with E-state index in [2.05, 4.69) is 205 Å². The number of nitrogens with zero attached hydrogens (tertiary/aromatic N) is 3. The van der Waals surface area contributed by atoms with Crippen LogP contribution in [0.1, 0.15) is 28.2 Å². The number of rotatable bonds is 7. The average Bonchev–Trinajstić information content (AvgIpc) is 3.80. The van der Waals surface area contributed by atoms with Gasteiger partial charge in [-0.1, -0.05) is 183 Å². The summed E-state index contributed by atoms with van der Waals surface area (Å²) >= 11 is 0. The predicted octanol–water partition coefficient (Wildman–Crippen LogP) is 13.4. The number of hydrogen-bond donors (Lipinski definition) is 0. The number of benzene rings is 6. The van der Waals surface area contributed by atoms with Crippen molar-refractivity contribution < 1.29 is 0 Å². The molecule has 0 spiro atoms. The van der Waals surface area contributed by atoms with Crippen LogP contribution in [0.15, 0.2) is 224 Å². The SMILES string of the molecule is C=C(/C=C\C=C\c1ccc2c(c1)c1ccccc1n2-c1nc(-c2ccccc2)c2ccccc2n1)C1=CC2=C(C(c3ccccc3)c3ccccc32)C2C=CC=CC12. The van der Waals surface area contributed by atoms with Gasteiger partial charge in [0.1, 0.15) is 0 Å². The third kappa shape index (κ3) is 5.58. The Morgan fingerprint density at radius 3 is 2.19 bits per heavy atom. The summed E-state index contributed by atoms with van der Waals surface area (Å²) in [6.45, 7) is 4.63. The molecule has 0 amide bonds. The molecule has 3 unspecified atom stereocenters. The average molecular weight is 742 g/mol. The Kier molecular flexibility index (Phi) is 8.18. The molecule has 0 aliphatic heterocycles. The lowest BCUT2D eigenvalue weighted by molar-refractivity contribution is 0.579. The smallest absolute Gasteiger partial charge is 0.235 e. The van der Waals surface area contributed by atoms with E-state index >= 15 is 0 Å². The molecule has 3 aliphatic rings. The van der Waals surface area contributed by atoms with Crippen LogP contribution in [0, 0.1) is 11.8 Å². The van der Waals surface area contributed by atoms with Crippen molar-refractivity contribution >= 4 is 44.4 Å². The molecule has 8 aromatic rings. The molecule has 2 aromatic heterocycles. The molecule has 6 aromatic carbocycles. The zero-order valence-electron chi connectivity index (χ0n) is 31.9. The molecule has 0 saturated heterocycles. The highest BCUT2D eigenvalue weighted by molar-refractivity contribution is 6.10. The van der Waals surface area contributed by atoms with Crippen LogP contribution in [0.2, 0.25) is 0 Å². The Morgan fingerprint density at radius 2 is 1.33 bits per heavy atom. The van der Waals surface area contributed by atoms with E-state index in [1.54, 1.807) is 0 Å². The molecule has 3 atom stereocenters. The molecule has 58 heavy (non-hydrogen) atoms. The number of hydrogen-bond acceptors (Lipinski definition) is 2. The molecular weight excluding hydrogens is 703 g/mol. The van der Waals surface area contributed by atoms with Crippen molar-refractivity contribution in [2.24, 2.45) is 11.8 Å². The molecule has 0 bridgehead atoms. The molecule has 11 rings (SSSR count). The third-order valence-electron chi connectivity index (χ3n) is 12.1. The molecular formula is C55H39N3. The van der Waals surface area contributed by atoms with Gasteiger partial charge in [0, 0.05) is 39.5 Å². The van der Waals surface area contributed by atoms with Gasteiger partial charge in [-0.3, -0.25) is 4.57 Å². The summed E-state index contributed by atoms with van der Waals surface area (Å²) in [6.07, 6.45) is 20.2. The molecule has 3 heteroatoms. The Hall–Kier alpha value is -7.36. The second-order valence-electron chi connectivity index (χ2n) is 15.3. The van der Waals surface area contributed by atoms with Gasteiger partial charge in [-0.05, 0) is 74.9 Å². The second-order valence-corrected chi connectivity index (χ2v) is 15.3. The molecule has 2 heterocycles. The minimum atomic E-state index is 0.237. The third-order valence-corrected chi connectivity index (χ3v) is 12.1. The topological polar surface area (TPSA) is 30.7 Å². The molecule has 0 radical (unpaired) electrons. The fraction of sp³-hybridized carbons (Fsp3) is 0.0545. The van der Waals surface area contributed by atoms with Crippen LogP contribution in [-0.2, 0) is 0 Å². The van der Waals surface area contributed by atoms with Crippen molar-refractivity contribution in [1.82, 2.24) is 14.5 Å². The normalized spacial score (nSPS) is 18.3. The van der Waals surface area contributed by atoms with Crippen LogP contribution >= 0.6 is 0 Å². The van der Waals surface area contributed by atoms with E-state index < -0.39 is 0 Å². The van der Waals surface area contributed by atoms with E-state index in [4.69, 9.17) is 9.97 Å². The zero-order valence-corrected chi connectivity index (χ0v) is 31.9. The summed E-state index contributed by atoms with van der Waals surface area (Å²) in [5.41, 5.74) is 15.4. The van der Waals surface area contributed by atoms with Crippen molar-refractivity contribution in [2.45, 2.75) is 5.92 Å². The molecule has 0 fully saturated rings.